The summed E-state index contributed by atoms with van der Waals surface area (Å²) in [6.45, 7) is 3.52. The molecule has 1 N–H and O–H groups in total. The molecule has 1 aromatic heterocycles. The first-order valence-corrected chi connectivity index (χ1v) is 12.0. The van der Waals surface area contributed by atoms with Crippen molar-refractivity contribution in [3.8, 4) is 11.3 Å². The zero-order valence-corrected chi connectivity index (χ0v) is 19.8. The average Bonchev–Trinajstić information content (AvgIpc) is 3.15. The molecule has 3 aliphatic rings. The van der Waals surface area contributed by atoms with E-state index < -0.39 is 6.04 Å². The molecule has 178 valence electrons. The Labute approximate surface area is 199 Å². The third-order valence-corrected chi connectivity index (χ3v) is 7.39. The van der Waals surface area contributed by atoms with E-state index in [4.69, 9.17) is 0 Å². The molecule has 8 heteroatoms. The Hall–Kier alpha value is -3.10. The molecule has 4 heterocycles. The van der Waals surface area contributed by atoms with Crippen LogP contribution in [0.2, 0.25) is 0 Å². The number of benzene rings is 1. The van der Waals surface area contributed by atoms with Crippen LogP contribution in [0.15, 0.2) is 36.5 Å². The number of imide groups is 1. The van der Waals surface area contributed by atoms with Crippen molar-refractivity contribution in [3.63, 3.8) is 0 Å². The molecule has 0 bridgehead atoms. The summed E-state index contributed by atoms with van der Waals surface area (Å²) in [5, 5.41) is 2.35. The number of carbonyl (C=O) groups excluding carboxylic acids is 3. The fourth-order valence-electron chi connectivity index (χ4n) is 5.32. The van der Waals surface area contributed by atoms with Gasteiger partial charge >= 0.3 is 0 Å². The second-order valence-corrected chi connectivity index (χ2v) is 9.77. The zero-order valence-electron chi connectivity index (χ0n) is 19.8. The van der Waals surface area contributed by atoms with E-state index in [2.05, 4.69) is 46.3 Å². The third kappa shape index (κ3) is 4.48. The van der Waals surface area contributed by atoms with Crippen molar-refractivity contribution in [2.45, 2.75) is 50.9 Å². The minimum absolute atomic E-state index is 0.155. The smallest absolute Gasteiger partial charge is 0.255 e. The highest BCUT2D eigenvalue weighted by Gasteiger charge is 2.39. The molecule has 3 aliphatic heterocycles. The quantitative estimate of drug-likeness (QED) is 0.686. The van der Waals surface area contributed by atoms with Gasteiger partial charge in [0.25, 0.3) is 5.91 Å². The van der Waals surface area contributed by atoms with Gasteiger partial charge in [0.15, 0.2) is 0 Å². The van der Waals surface area contributed by atoms with E-state index in [1.54, 1.807) is 4.90 Å². The highest BCUT2D eigenvalue weighted by Crippen LogP contribution is 2.31. The maximum absolute atomic E-state index is 13.0. The van der Waals surface area contributed by atoms with Crippen molar-refractivity contribution in [1.82, 2.24) is 25.0 Å². The molecular formula is C26H31N5O3. The molecule has 34 heavy (non-hydrogen) atoms. The number of pyridine rings is 1. The van der Waals surface area contributed by atoms with E-state index in [-0.39, 0.29) is 24.1 Å². The molecule has 0 spiro atoms. The summed E-state index contributed by atoms with van der Waals surface area (Å²) in [4.78, 5) is 47.7. The van der Waals surface area contributed by atoms with Crippen molar-refractivity contribution in [1.29, 1.82) is 0 Å². The van der Waals surface area contributed by atoms with Crippen LogP contribution in [0.4, 0.5) is 0 Å². The lowest BCUT2D eigenvalue weighted by atomic mass is 10.0. The van der Waals surface area contributed by atoms with E-state index in [1.165, 1.54) is 18.4 Å². The van der Waals surface area contributed by atoms with Gasteiger partial charge < -0.3 is 9.80 Å². The summed E-state index contributed by atoms with van der Waals surface area (Å²) in [6, 6.07) is 9.95. The molecular weight excluding hydrogens is 430 g/mol. The zero-order chi connectivity index (χ0) is 23.8. The summed E-state index contributed by atoms with van der Waals surface area (Å²) < 4.78 is 0. The number of hydrogen-bond acceptors (Lipinski definition) is 6. The Kier molecular flexibility index (Phi) is 6.18. The molecule has 2 saturated heterocycles. The molecule has 8 nitrogen and oxygen atoms in total. The maximum Gasteiger partial charge on any atom is 0.255 e. The van der Waals surface area contributed by atoms with Gasteiger partial charge in [-0.3, -0.25) is 29.6 Å². The second kappa shape index (κ2) is 9.27. The average molecular weight is 462 g/mol. The lowest BCUT2D eigenvalue weighted by Gasteiger charge is -2.35. The Bertz CT molecular complexity index is 1130. The van der Waals surface area contributed by atoms with Crippen LogP contribution in [-0.2, 0) is 22.7 Å². The van der Waals surface area contributed by atoms with Gasteiger partial charge in [0, 0.05) is 42.9 Å². The van der Waals surface area contributed by atoms with Crippen LogP contribution in [0.1, 0.15) is 47.2 Å². The lowest BCUT2D eigenvalue weighted by Crippen LogP contribution is -2.52. The molecule has 3 amide bonds. The first kappa shape index (κ1) is 22.7. The molecule has 0 aliphatic carbocycles. The van der Waals surface area contributed by atoms with Crippen molar-refractivity contribution in [2.75, 3.05) is 27.2 Å². The van der Waals surface area contributed by atoms with Gasteiger partial charge in [0.05, 0.1) is 5.69 Å². The summed E-state index contributed by atoms with van der Waals surface area (Å²) >= 11 is 0. The molecule has 1 unspecified atom stereocenters. The predicted molar refractivity (Wildman–Crippen MR) is 128 cm³/mol. The number of carbonyl (C=O) groups is 3. The minimum atomic E-state index is -0.599. The minimum Gasteiger partial charge on any atom is -0.322 e. The van der Waals surface area contributed by atoms with Gasteiger partial charge in [-0.25, -0.2) is 0 Å². The molecule has 2 fully saturated rings. The fourth-order valence-corrected chi connectivity index (χ4v) is 5.32. The largest absolute Gasteiger partial charge is 0.322 e. The monoisotopic (exact) mass is 461 g/mol. The summed E-state index contributed by atoms with van der Waals surface area (Å²) in [6.07, 6.45) is 4.85. The number of fused-ring (bicyclic) bond motifs is 1. The number of hydrogen-bond donors (Lipinski definition) is 1. The second-order valence-electron chi connectivity index (χ2n) is 9.77. The van der Waals surface area contributed by atoms with E-state index >= 15 is 0 Å². The van der Waals surface area contributed by atoms with Gasteiger partial charge in [-0.1, -0.05) is 6.07 Å². The topological polar surface area (TPSA) is 85.8 Å². The number of likely N-dealkylation sites (tertiary alicyclic amines) is 1. The summed E-state index contributed by atoms with van der Waals surface area (Å²) in [7, 11) is 4.38. The van der Waals surface area contributed by atoms with Crippen molar-refractivity contribution in [3.05, 3.63) is 53.2 Å². The highest BCUT2D eigenvalue weighted by atomic mass is 16.2. The maximum atomic E-state index is 13.0. The van der Waals surface area contributed by atoms with Crippen LogP contribution in [-0.4, -0.2) is 76.7 Å². The molecule has 1 atom stereocenters. The van der Waals surface area contributed by atoms with Crippen molar-refractivity contribution < 1.29 is 14.4 Å². The van der Waals surface area contributed by atoms with E-state index in [9.17, 15) is 14.4 Å². The van der Waals surface area contributed by atoms with Crippen molar-refractivity contribution >= 4 is 17.7 Å². The summed E-state index contributed by atoms with van der Waals surface area (Å²) in [5.41, 5.74) is 4.56. The number of nitrogens with one attached hydrogen (secondary N) is 1. The normalized spacial score (nSPS) is 21.8. The van der Waals surface area contributed by atoms with Crippen LogP contribution in [0.3, 0.4) is 0 Å². The van der Waals surface area contributed by atoms with Crippen LogP contribution >= 0.6 is 0 Å². The molecule has 5 rings (SSSR count). The SMILES string of the molecule is CN1CCC(N(C)Cc2ccnc(-c3ccc4c(c3)CN(C3CCC(=O)NC3=O)C4=O)c2)CC1. The van der Waals surface area contributed by atoms with E-state index in [1.807, 2.05) is 24.4 Å². The molecule has 2 aromatic rings. The van der Waals surface area contributed by atoms with Gasteiger partial charge in [-0.15, -0.1) is 0 Å². The number of piperidine rings is 2. The number of rotatable bonds is 5. The summed E-state index contributed by atoms with van der Waals surface area (Å²) in [5.74, 6) is -0.821. The molecule has 1 aromatic carbocycles. The lowest BCUT2D eigenvalue weighted by molar-refractivity contribution is -0.136. The van der Waals surface area contributed by atoms with Gasteiger partial charge in [0.2, 0.25) is 11.8 Å². The Morgan fingerprint density at radius 1 is 1.09 bits per heavy atom. The first-order valence-electron chi connectivity index (χ1n) is 12.0. The van der Waals surface area contributed by atoms with Crippen LogP contribution in [0.5, 0.6) is 0 Å². The number of aromatic nitrogens is 1. The first-order chi connectivity index (χ1) is 16.4. The van der Waals surface area contributed by atoms with Crippen LogP contribution in [0, 0.1) is 0 Å². The molecule has 0 saturated carbocycles. The number of amides is 3. The fraction of sp³-hybridized carbons (Fsp3) is 0.462. The van der Waals surface area contributed by atoms with Gasteiger partial charge in [-0.2, -0.15) is 0 Å². The third-order valence-electron chi connectivity index (χ3n) is 7.39. The van der Waals surface area contributed by atoms with Crippen LogP contribution < -0.4 is 5.32 Å². The Morgan fingerprint density at radius 3 is 2.65 bits per heavy atom. The standard InChI is InChI=1S/C26H31N5O3/c1-29-11-8-20(9-12-29)30(2)15-17-7-10-27-22(13-17)18-3-4-21-19(14-18)16-31(26(21)34)23-5-6-24(32)28-25(23)33/h3-4,7,10,13-14,20,23H,5-6,8-9,11-12,15-16H2,1-2H3,(H,28,32,33). The van der Waals surface area contributed by atoms with Crippen molar-refractivity contribution in [2.24, 2.45) is 0 Å². The van der Waals surface area contributed by atoms with Crippen LogP contribution in [0.25, 0.3) is 11.3 Å². The Morgan fingerprint density at radius 2 is 1.88 bits per heavy atom. The van der Waals surface area contributed by atoms with Gasteiger partial charge in [0.1, 0.15) is 6.04 Å². The number of nitrogens with zero attached hydrogens (tertiary/aromatic N) is 4. The Balaban J connectivity index is 1.30. The molecule has 0 radical (unpaired) electrons. The van der Waals surface area contributed by atoms with E-state index in [0.717, 1.165) is 36.5 Å². The van der Waals surface area contributed by atoms with E-state index in [0.29, 0.717) is 24.6 Å². The van der Waals surface area contributed by atoms with Gasteiger partial charge in [-0.05, 0) is 81.8 Å². The predicted octanol–water partition coefficient (Wildman–Crippen LogP) is 2.04. The highest BCUT2D eigenvalue weighted by molar-refractivity contribution is 6.05.